The summed E-state index contributed by atoms with van der Waals surface area (Å²) in [5, 5.41) is 6.60. The van der Waals surface area contributed by atoms with Crippen molar-refractivity contribution in [1.29, 1.82) is 0 Å². The highest BCUT2D eigenvalue weighted by molar-refractivity contribution is 5.76. The molecule has 0 radical (unpaired) electrons. The van der Waals surface area contributed by atoms with Gasteiger partial charge in [-0.05, 0) is 50.6 Å². The van der Waals surface area contributed by atoms with Crippen LogP contribution in [0.5, 0.6) is 0 Å². The summed E-state index contributed by atoms with van der Waals surface area (Å²) >= 11 is 0. The van der Waals surface area contributed by atoms with Crippen LogP contribution < -0.4 is 10.6 Å². The number of carbonyl (C=O) groups excluding carboxylic acids is 1. The zero-order chi connectivity index (χ0) is 12.1. The summed E-state index contributed by atoms with van der Waals surface area (Å²) in [4.78, 5) is 11.9. The predicted octanol–water partition coefficient (Wildman–Crippen LogP) is 2.07. The molecule has 3 unspecified atom stereocenters. The Morgan fingerprint density at radius 3 is 2.94 bits per heavy atom. The second-order valence-corrected chi connectivity index (χ2v) is 5.67. The van der Waals surface area contributed by atoms with Crippen molar-refractivity contribution in [3.8, 4) is 0 Å². The minimum absolute atomic E-state index is 0.280. The largest absolute Gasteiger partial charge is 0.353 e. The molecule has 2 N–H and O–H groups in total. The van der Waals surface area contributed by atoms with Crippen LogP contribution in [0.15, 0.2) is 0 Å². The van der Waals surface area contributed by atoms with Gasteiger partial charge in [0.05, 0.1) is 0 Å². The number of hydrogen-bond donors (Lipinski definition) is 2. The lowest BCUT2D eigenvalue weighted by atomic mass is 9.99. The molecule has 2 rings (SSSR count). The van der Waals surface area contributed by atoms with Crippen molar-refractivity contribution in [3.63, 3.8) is 0 Å². The fraction of sp³-hybridized carbons (Fsp3) is 0.929. The normalized spacial score (nSPS) is 32.9. The topological polar surface area (TPSA) is 41.1 Å². The highest BCUT2D eigenvalue weighted by Gasteiger charge is 2.27. The molecule has 1 heterocycles. The van der Waals surface area contributed by atoms with Crippen LogP contribution in [0.1, 0.15) is 51.9 Å². The third kappa shape index (κ3) is 3.70. The summed E-state index contributed by atoms with van der Waals surface area (Å²) in [6.07, 6.45) is 8.01. The SMILES string of the molecule is CCC1CCCC1NC(=O)CCC1CCNC1. The molecule has 1 saturated heterocycles. The Labute approximate surface area is 105 Å². The van der Waals surface area contributed by atoms with E-state index in [0.717, 1.165) is 37.8 Å². The van der Waals surface area contributed by atoms with Crippen molar-refractivity contribution in [3.05, 3.63) is 0 Å². The molecule has 1 aliphatic carbocycles. The second-order valence-electron chi connectivity index (χ2n) is 5.67. The Bertz CT molecular complexity index is 249. The van der Waals surface area contributed by atoms with Crippen LogP contribution in [0.3, 0.4) is 0 Å². The lowest BCUT2D eigenvalue weighted by molar-refractivity contribution is -0.122. The van der Waals surface area contributed by atoms with E-state index in [0.29, 0.717) is 6.04 Å². The zero-order valence-corrected chi connectivity index (χ0v) is 11.0. The molecule has 98 valence electrons. The van der Waals surface area contributed by atoms with Crippen molar-refractivity contribution in [2.75, 3.05) is 13.1 Å². The van der Waals surface area contributed by atoms with Gasteiger partial charge in [0, 0.05) is 12.5 Å². The van der Waals surface area contributed by atoms with Crippen molar-refractivity contribution in [1.82, 2.24) is 10.6 Å². The van der Waals surface area contributed by atoms with E-state index in [2.05, 4.69) is 17.6 Å². The van der Waals surface area contributed by atoms with Crippen molar-refractivity contribution in [2.45, 2.75) is 57.9 Å². The molecule has 2 fully saturated rings. The van der Waals surface area contributed by atoms with E-state index in [1.54, 1.807) is 0 Å². The van der Waals surface area contributed by atoms with Gasteiger partial charge in [-0.25, -0.2) is 0 Å². The summed E-state index contributed by atoms with van der Waals surface area (Å²) in [7, 11) is 0. The van der Waals surface area contributed by atoms with Gasteiger partial charge in [0.1, 0.15) is 0 Å². The number of rotatable bonds is 5. The molecule has 1 amide bonds. The van der Waals surface area contributed by atoms with Gasteiger partial charge < -0.3 is 10.6 Å². The maximum absolute atomic E-state index is 11.9. The average molecular weight is 238 g/mol. The molecule has 3 heteroatoms. The molecule has 3 atom stereocenters. The van der Waals surface area contributed by atoms with E-state index < -0.39 is 0 Å². The summed E-state index contributed by atoms with van der Waals surface area (Å²) < 4.78 is 0. The Hall–Kier alpha value is -0.570. The molecular weight excluding hydrogens is 212 g/mol. The van der Waals surface area contributed by atoms with Gasteiger partial charge in [-0.15, -0.1) is 0 Å². The van der Waals surface area contributed by atoms with Gasteiger partial charge in [-0.1, -0.05) is 19.8 Å². The van der Waals surface area contributed by atoms with Gasteiger partial charge in [0.15, 0.2) is 0 Å². The molecule has 2 aliphatic rings. The molecule has 17 heavy (non-hydrogen) atoms. The minimum Gasteiger partial charge on any atom is -0.353 e. The molecule has 1 aliphatic heterocycles. The van der Waals surface area contributed by atoms with Crippen LogP contribution in [0, 0.1) is 11.8 Å². The third-order valence-electron chi connectivity index (χ3n) is 4.47. The Kier molecular flexibility index (Phi) is 4.84. The molecule has 0 aromatic rings. The fourth-order valence-electron chi connectivity index (χ4n) is 3.29. The van der Waals surface area contributed by atoms with E-state index in [1.165, 1.54) is 32.1 Å². The summed E-state index contributed by atoms with van der Waals surface area (Å²) in [5.74, 6) is 1.74. The number of carbonyl (C=O) groups is 1. The first kappa shape index (κ1) is 12.9. The van der Waals surface area contributed by atoms with Gasteiger partial charge >= 0.3 is 0 Å². The first-order valence-corrected chi connectivity index (χ1v) is 7.29. The van der Waals surface area contributed by atoms with E-state index in [1.807, 2.05) is 0 Å². The molecule has 3 nitrogen and oxygen atoms in total. The standard InChI is InChI=1S/C14H26N2O/c1-2-12-4-3-5-13(12)16-14(17)7-6-11-8-9-15-10-11/h11-13,15H,2-10H2,1H3,(H,16,17). The first-order chi connectivity index (χ1) is 8.29. The van der Waals surface area contributed by atoms with Crippen molar-refractivity contribution >= 4 is 5.91 Å². The fourth-order valence-corrected chi connectivity index (χ4v) is 3.29. The highest BCUT2D eigenvalue weighted by Crippen LogP contribution is 2.28. The van der Waals surface area contributed by atoms with E-state index >= 15 is 0 Å². The number of hydrogen-bond acceptors (Lipinski definition) is 2. The molecule has 0 aromatic heterocycles. The molecule has 0 aromatic carbocycles. The van der Waals surface area contributed by atoms with E-state index in [-0.39, 0.29) is 5.91 Å². The van der Waals surface area contributed by atoms with Gasteiger partial charge in [0.2, 0.25) is 5.91 Å². The monoisotopic (exact) mass is 238 g/mol. The van der Waals surface area contributed by atoms with Crippen LogP contribution in [-0.2, 0) is 4.79 Å². The van der Waals surface area contributed by atoms with Crippen molar-refractivity contribution in [2.24, 2.45) is 11.8 Å². The van der Waals surface area contributed by atoms with Gasteiger partial charge in [-0.3, -0.25) is 4.79 Å². The van der Waals surface area contributed by atoms with Gasteiger partial charge in [0.25, 0.3) is 0 Å². The van der Waals surface area contributed by atoms with Crippen molar-refractivity contribution < 1.29 is 4.79 Å². The number of amides is 1. The molecular formula is C14H26N2O. The minimum atomic E-state index is 0.280. The van der Waals surface area contributed by atoms with Crippen LogP contribution in [0.4, 0.5) is 0 Å². The molecule has 0 bridgehead atoms. The number of nitrogens with one attached hydrogen (secondary N) is 2. The lowest BCUT2D eigenvalue weighted by Gasteiger charge is -2.20. The molecule has 1 saturated carbocycles. The lowest BCUT2D eigenvalue weighted by Crippen LogP contribution is -2.37. The average Bonchev–Trinajstić information content (AvgIpc) is 2.97. The third-order valence-corrected chi connectivity index (χ3v) is 4.47. The highest BCUT2D eigenvalue weighted by atomic mass is 16.1. The van der Waals surface area contributed by atoms with Crippen LogP contribution in [0.25, 0.3) is 0 Å². The Balaban J connectivity index is 1.65. The molecule has 0 spiro atoms. The quantitative estimate of drug-likeness (QED) is 0.770. The smallest absolute Gasteiger partial charge is 0.220 e. The Morgan fingerprint density at radius 1 is 1.35 bits per heavy atom. The van der Waals surface area contributed by atoms with Crippen LogP contribution >= 0.6 is 0 Å². The van der Waals surface area contributed by atoms with Crippen LogP contribution in [0.2, 0.25) is 0 Å². The zero-order valence-electron chi connectivity index (χ0n) is 11.0. The summed E-state index contributed by atoms with van der Waals surface area (Å²) in [6.45, 7) is 4.47. The van der Waals surface area contributed by atoms with Gasteiger partial charge in [-0.2, -0.15) is 0 Å². The Morgan fingerprint density at radius 2 is 2.24 bits per heavy atom. The maximum Gasteiger partial charge on any atom is 0.220 e. The first-order valence-electron chi connectivity index (χ1n) is 7.29. The maximum atomic E-state index is 11.9. The van der Waals surface area contributed by atoms with E-state index in [4.69, 9.17) is 0 Å². The van der Waals surface area contributed by atoms with Crippen LogP contribution in [-0.4, -0.2) is 25.0 Å². The summed E-state index contributed by atoms with van der Waals surface area (Å²) in [5.41, 5.74) is 0. The predicted molar refractivity (Wildman–Crippen MR) is 69.8 cm³/mol. The second kappa shape index (κ2) is 6.39. The van der Waals surface area contributed by atoms with E-state index in [9.17, 15) is 4.79 Å². The summed E-state index contributed by atoms with van der Waals surface area (Å²) in [6, 6.07) is 0.467.